The molecule has 3 aromatic carbocycles. The van der Waals surface area contributed by atoms with Crippen molar-refractivity contribution >= 4 is 38.3 Å². The van der Waals surface area contributed by atoms with Gasteiger partial charge in [-0.1, -0.05) is 28.1 Å². The fraction of sp³-hybridized carbons (Fsp3) is 0. The molecule has 0 saturated heterocycles. The number of rotatable bonds is 2. The first-order valence-corrected chi connectivity index (χ1v) is 7.21. The van der Waals surface area contributed by atoms with Gasteiger partial charge in [0.2, 0.25) is 0 Å². The third-order valence-electron chi connectivity index (χ3n) is 3.19. The van der Waals surface area contributed by atoms with Crippen LogP contribution in [0.4, 0.5) is 5.69 Å². The van der Waals surface area contributed by atoms with E-state index >= 15 is 0 Å². The zero-order valence-electron chi connectivity index (χ0n) is 11.0. The first kappa shape index (κ1) is 13.6. The first-order chi connectivity index (χ1) is 10.1. The van der Waals surface area contributed by atoms with E-state index in [-0.39, 0.29) is 11.7 Å². The molecule has 3 rings (SSSR count). The van der Waals surface area contributed by atoms with Gasteiger partial charge in [0.25, 0.3) is 5.91 Å². The van der Waals surface area contributed by atoms with Crippen molar-refractivity contribution < 1.29 is 9.90 Å². The highest BCUT2D eigenvalue weighted by atomic mass is 79.9. The molecule has 0 radical (unpaired) electrons. The van der Waals surface area contributed by atoms with E-state index in [0.29, 0.717) is 11.3 Å². The summed E-state index contributed by atoms with van der Waals surface area (Å²) < 4.78 is 1.01. The summed E-state index contributed by atoms with van der Waals surface area (Å²) in [5.41, 5.74) is 1.24. The van der Waals surface area contributed by atoms with Crippen LogP contribution in [0.2, 0.25) is 0 Å². The third-order valence-corrected chi connectivity index (χ3v) is 3.68. The molecule has 0 fully saturated rings. The topological polar surface area (TPSA) is 49.3 Å². The molecule has 3 nitrogen and oxygen atoms in total. The first-order valence-electron chi connectivity index (χ1n) is 6.41. The smallest absolute Gasteiger partial charge is 0.255 e. The second kappa shape index (κ2) is 5.58. The van der Waals surface area contributed by atoms with Crippen LogP contribution in [-0.4, -0.2) is 11.0 Å². The summed E-state index contributed by atoms with van der Waals surface area (Å²) in [7, 11) is 0. The molecule has 0 bridgehead atoms. The molecule has 0 atom stereocenters. The van der Waals surface area contributed by atoms with Gasteiger partial charge in [0.15, 0.2) is 0 Å². The van der Waals surface area contributed by atoms with Crippen LogP contribution in [0, 0.1) is 0 Å². The second-order valence-corrected chi connectivity index (χ2v) is 5.62. The van der Waals surface area contributed by atoms with Gasteiger partial charge in [-0.05, 0) is 59.3 Å². The van der Waals surface area contributed by atoms with Crippen LogP contribution < -0.4 is 5.32 Å². The van der Waals surface area contributed by atoms with Crippen molar-refractivity contribution in [3.05, 3.63) is 70.7 Å². The number of halogens is 1. The summed E-state index contributed by atoms with van der Waals surface area (Å²) >= 11 is 3.43. The molecule has 0 unspecified atom stereocenters. The standard InChI is InChI=1S/C17H12BrNO2/c18-14-4-3-11-9-13(2-1-12(11)10-14)17(21)19-15-5-7-16(20)8-6-15/h1-10,20H,(H,19,21). The number of phenolic OH excluding ortho intramolecular Hbond substituents is 1. The largest absolute Gasteiger partial charge is 0.508 e. The summed E-state index contributed by atoms with van der Waals surface area (Å²) in [6.07, 6.45) is 0. The molecule has 0 aromatic heterocycles. The highest BCUT2D eigenvalue weighted by Gasteiger charge is 2.07. The van der Waals surface area contributed by atoms with Crippen molar-refractivity contribution in [2.75, 3.05) is 5.32 Å². The molecular weight excluding hydrogens is 330 g/mol. The summed E-state index contributed by atoms with van der Waals surface area (Å²) in [5.74, 6) is -0.00482. The lowest BCUT2D eigenvalue weighted by molar-refractivity contribution is 0.102. The molecule has 21 heavy (non-hydrogen) atoms. The van der Waals surface area contributed by atoms with Gasteiger partial charge < -0.3 is 10.4 Å². The molecule has 4 heteroatoms. The van der Waals surface area contributed by atoms with E-state index < -0.39 is 0 Å². The van der Waals surface area contributed by atoms with Gasteiger partial charge in [0, 0.05) is 15.7 Å². The molecule has 0 saturated carbocycles. The molecule has 0 heterocycles. The minimum Gasteiger partial charge on any atom is -0.508 e. The van der Waals surface area contributed by atoms with E-state index in [1.54, 1.807) is 18.2 Å². The van der Waals surface area contributed by atoms with E-state index in [1.165, 1.54) is 12.1 Å². The zero-order chi connectivity index (χ0) is 14.8. The maximum absolute atomic E-state index is 12.2. The van der Waals surface area contributed by atoms with Gasteiger partial charge in [-0.3, -0.25) is 4.79 Å². The fourth-order valence-corrected chi connectivity index (χ4v) is 2.48. The van der Waals surface area contributed by atoms with Gasteiger partial charge in [0.1, 0.15) is 5.75 Å². The van der Waals surface area contributed by atoms with Crippen LogP contribution in [-0.2, 0) is 0 Å². The van der Waals surface area contributed by atoms with E-state index in [0.717, 1.165) is 15.2 Å². The molecule has 104 valence electrons. The molecule has 0 spiro atoms. The minimum absolute atomic E-state index is 0.171. The Kier molecular flexibility index (Phi) is 3.62. The molecule has 2 N–H and O–H groups in total. The average Bonchev–Trinajstić information content (AvgIpc) is 2.49. The Morgan fingerprint density at radius 3 is 2.33 bits per heavy atom. The summed E-state index contributed by atoms with van der Waals surface area (Å²) in [6.45, 7) is 0. The number of aromatic hydroxyl groups is 1. The SMILES string of the molecule is O=C(Nc1ccc(O)cc1)c1ccc2cc(Br)ccc2c1. The van der Waals surface area contributed by atoms with Crippen molar-refractivity contribution in [2.24, 2.45) is 0 Å². The number of carbonyl (C=O) groups excluding carboxylic acids is 1. The minimum atomic E-state index is -0.175. The van der Waals surface area contributed by atoms with Gasteiger partial charge in [-0.2, -0.15) is 0 Å². The number of phenols is 1. The Bertz CT molecular complexity index is 813. The van der Waals surface area contributed by atoms with Gasteiger partial charge >= 0.3 is 0 Å². The van der Waals surface area contributed by atoms with E-state index in [4.69, 9.17) is 0 Å². The number of anilines is 1. The Balaban J connectivity index is 1.87. The third kappa shape index (κ3) is 3.06. The lowest BCUT2D eigenvalue weighted by Gasteiger charge is -2.07. The maximum atomic E-state index is 12.2. The number of benzene rings is 3. The fourth-order valence-electron chi connectivity index (χ4n) is 2.11. The van der Waals surface area contributed by atoms with Crippen molar-refractivity contribution in [3.63, 3.8) is 0 Å². The summed E-state index contributed by atoms with van der Waals surface area (Å²) in [5, 5.41) is 14.1. The predicted octanol–water partition coefficient (Wildman–Crippen LogP) is 4.56. The van der Waals surface area contributed by atoms with Crippen LogP contribution >= 0.6 is 15.9 Å². The monoisotopic (exact) mass is 341 g/mol. The molecule has 0 aliphatic heterocycles. The predicted molar refractivity (Wildman–Crippen MR) is 87.7 cm³/mol. The van der Waals surface area contributed by atoms with Gasteiger partial charge in [-0.25, -0.2) is 0 Å². The van der Waals surface area contributed by atoms with Crippen molar-refractivity contribution in [1.29, 1.82) is 0 Å². The number of hydrogen-bond acceptors (Lipinski definition) is 2. The highest BCUT2D eigenvalue weighted by Crippen LogP contribution is 2.22. The summed E-state index contributed by atoms with van der Waals surface area (Å²) in [4.78, 5) is 12.2. The Hall–Kier alpha value is -2.33. The second-order valence-electron chi connectivity index (χ2n) is 4.71. The number of fused-ring (bicyclic) bond motifs is 1. The van der Waals surface area contributed by atoms with E-state index in [1.807, 2.05) is 30.3 Å². The number of amides is 1. The van der Waals surface area contributed by atoms with Crippen LogP contribution in [0.1, 0.15) is 10.4 Å². The van der Waals surface area contributed by atoms with Crippen molar-refractivity contribution in [2.45, 2.75) is 0 Å². The average molecular weight is 342 g/mol. The lowest BCUT2D eigenvalue weighted by atomic mass is 10.1. The molecule has 1 amide bonds. The number of nitrogens with one attached hydrogen (secondary N) is 1. The quantitative estimate of drug-likeness (QED) is 0.671. The molecule has 3 aromatic rings. The maximum Gasteiger partial charge on any atom is 0.255 e. The van der Waals surface area contributed by atoms with Crippen LogP contribution in [0.25, 0.3) is 10.8 Å². The van der Waals surface area contributed by atoms with Crippen molar-refractivity contribution in [3.8, 4) is 5.75 Å². The van der Waals surface area contributed by atoms with Gasteiger partial charge in [0.05, 0.1) is 0 Å². The van der Waals surface area contributed by atoms with Crippen molar-refractivity contribution in [1.82, 2.24) is 0 Å². The number of carbonyl (C=O) groups is 1. The summed E-state index contributed by atoms with van der Waals surface area (Å²) in [6, 6.07) is 17.9. The van der Waals surface area contributed by atoms with Crippen LogP contribution in [0.3, 0.4) is 0 Å². The van der Waals surface area contributed by atoms with E-state index in [9.17, 15) is 9.90 Å². The normalized spacial score (nSPS) is 10.5. The number of hydrogen-bond donors (Lipinski definition) is 2. The zero-order valence-corrected chi connectivity index (χ0v) is 12.6. The molecular formula is C17H12BrNO2. The van der Waals surface area contributed by atoms with Crippen LogP contribution in [0.15, 0.2) is 65.1 Å². The molecule has 0 aliphatic rings. The lowest BCUT2D eigenvalue weighted by Crippen LogP contribution is -2.11. The highest BCUT2D eigenvalue weighted by molar-refractivity contribution is 9.10. The Labute approximate surface area is 130 Å². The van der Waals surface area contributed by atoms with Crippen LogP contribution in [0.5, 0.6) is 5.75 Å². The Morgan fingerprint density at radius 1 is 0.905 bits per heavy atom. The van der Waals surface area contributed by atoms with E-state index in [2.05, 4.69) is 21.2 Å². The Morgan fingerprint density at radius 2 is 1.57 bits per heavy atom. The van der Waals surface area contributed by atoms with Gasteiger partial charge in [-0.15, -0.1) is 0 Å². The molecule has 0 aliphatic carbocycles.